The average molecular weight is 1100 g/mol. The summed E-state index contributed by atoms with van der Waals surface area (Å²) in [4.78, 5) is 38.4. The molecule has 450 valence electrons. The first-order chi connectivity index (χ1) is 39.0. The van der Waals surface area contributed by atoms with Gasteiger partial charge in [0.2, 0.25) is 0 Å². The molecule has 6 heteroatoms. The van der Waals surface area contributed by atoms with E-state index in [1.165, 1.54) is 154 Å². The minimum atomic E-state index is -0.807. The quantitative estimate of drug-likeness (QED) is 0.0261. The number of rotatable bonds is 59. The van der Waals surface area contributed by atoms with Crippen LogP contribution in [-0.4, -0.2) is 37.2 Å². The van der Waals surface area contributed by atoms with Crippen LogP contribution >= 0.6 is 0 Å². The Labute approximate surface area is 488 Å². The molecule has 0 saturated carbocycles. The van der Waals surface area contributed by atoms with Crippen LogP contribution in [0.5, 0.6) is 0 Å². The summed E-state index contributed by atoms with van der Waals surface area (Å²) in [5, 5.41) is 0. The van der Waals surface area contributed by atoms with E-state index in [2.05, 4.69) is 142 Å². The molecule has 0 aromatic heterocycles. The van der Waals surface area contributed by atoms with Gasteiger partial charge in [-0.15, -0.1) is 0 Å². The second-order valence-electron chi connectivity index (χ2n) is 21.6. The summed E-state index contributed by atoms with van der Waals surface area (Å²) in [6.07, 6.45) is 92.1. The van der Waals surface area contributed by atoms with E-state index < -0.39 is 6.10 Å². The Bertz CT molecular complexity index is 1640. The second kappa shape index (κ2) is 66.3. The van der Waals surface area contributed by atoms with Gasteiger partial charge >= 0.3 is 17.9 Å². The van der Waals surface area contributed by atoms with Crippen molar-refractivity contribution in [1.29, 1.82) is 0 Å². The number of hydrogen-bond acceptors (Lipinski definition) is 6. The molecule has 1 atom stereocenters. The van der Waals surface area contributed by atoms with Crippen molar-refractivity contribution in [2.75, 3.05) is 13.2 Å². The molecule has 0 bridgehead atoms. The van der Waals surface area contributed by atoms with E-state index in [0.717, 1.165) is 103 Å². The summed E-state index contributed by atoms with van der Waals surface area (Å²) in [6, 6.07) is 0. The monoisotopic (exact) mass is 1090 g/mol. The van der Waals surface area contributed by atoms with Gasteiger partial charge in [-0.2, -0.15) is 0 Å². The van der Waals surface area contributed by atoms with Crippen LogP contribution in [0.15, 0.2) is 122 Å². The maximum Gasteiger partial charge on any atom is 0.306 e. The number of ether oxygens (including phenoxy) is 3. The summed E-state index contributed by atoms with van der Waals surface area (Å²) in [6.45, 7) is 6.38. The van der Waals surface area contributed by atoms with Gasteiger partial charge < -0.3 is 14.2 Å². The van der Waals surface area contributed by atoms with Crippen LogP contribution in [0, 0.1) is 0 Å². The highest BCUT2D eigenvalue weighted by atomic mass is 16.6. The molecule has 0 radical (unpaired) electrons. The van der Waals surface area contributed by atoms with Crippen LogP contribution in [0.1, 0.15) is 303 Å². The van der Waals surface area contributed by atoms with E-state index >= 15 is 0 Å². The van der Waals surface area contributed by atoms with Gasteiger partial charge in [-0.05, 0) is 122 Å². The summed E-state index contributed by atoms with van der Waals surface area (Å²) in [5.74, 6) is -0.955. The SMILES string of the molecule is CC/C=C\C/C=C\C/C=C\C/C=C\C/C=C\CCCC(=O)OCC(COC(=O)CCCCCCCCCCCCCC/C=C\C/C=C\C/C=C\C/C=C\CC)OC(=O)CCCCCCCCCCC/C=C\CCCCCCCC. The molecule has 0 heterocycles. The summed E-state index contributed by atoms with van der Waals surface area (Å²) in [7, 11) is 0. The van der Waals surface area contributed by atoms with Crippen molar-refractivity contribution in [3.05, 3.63) is 122 Å². The van der Waals surface area contributed by atoms with Crippen molar-refractivity contribution < 1.29 is 28.6 Å². The van der Waals surface area contributed by atoms with E-state index in [-0.39, 0.29) is 37.5 Å². The Morgan fingerprint density at radius 1 is 0.266 bits per heavy atom. The lowest BCUT2D eigenvalue weighted by atomic mass is 10.0. The largest absolute Gasteiger partial charge is 0.462 e. The lowest BCUT2D eigenvalue weighted by molar-refractivity contribution is -0.167. The van der Waals surface area contributed by atoms with Gasteiger partial charge in [0, 0.05) is 19.3 Å². The van der Waals surface area contributed by atoms with Crippen molar-refractivity contribution >= 4 is 17.9 Å². The van der Waals surface area contributed by atoms with Gasteiger partial charge in [0.1, 0.15) is 13.2 Å². The van der Waals surface area contributed by atoms with Gasteiger partial charge in [0.15, 0.2) is 6.10 Å². The molecule has 1 unspecified atom stereocenters. The van der Waals surface area contributed by atoms with Crippen LogP contribution < -0.4 is 0 Å². The van der Waals surface area contributed by atoms with E-state index in [1.54, 1.807) is 0 Å². The van der Waals surface area contributed by atoms with Gasteiger partial charge in [-0.25, -0.2) is 0 Å². The highest BCUT2D eigenvalue weighted by molar-refractivity contribution is 5.71. The van der Waals surface area contributed by atoms with Gasteiger partial charge in [0.25, 0.3) is 0 Å². The zero-order valence-electron chi connectivity index (χ0n) is 51.6. The molecule has 0 aliphatic rings. The van der Waals surface area contributed by atoms with Crippen molar-refractivity contribution in [3.8, 4) is 0 Å². The van der Waals surface area contributed by atoms with E-state index in [9.17, 15) is 14.4 Å². The normalized spacial score (nSPS) is 12.9. The maximum atomic E-state index is 12.9. The van der Waals surface area contributed by atoms with Crippen LogP contribution in [-0.2, 0) is 28.6 Å². The van der Waals surface area contributed by atoms with Crippen LogP contribution in [0.3, 0.4) is 0 Å². The van der Waals surface area contributed by atoms with E-state index in [1.807, 2.05) is 0 Å². The van der Waals surface area contributed by atoms with E-state index in [4.69, 9.17) is 14.2 Å². The fraction of sp³-hybridized carbons (Fsp3) is 0.685. The Morgan fingerprint density at radius 2 is 0.506 bits per heavy atom. The Balaban J connectivity index is 4.41. The molecule has 0 aromatic rings. The van der Waals surface area contributed by atoms with Crippen LogP contribution in [0.4, 0.5) is 0 Å². The Morgan fingerprint density at radius 3 is 0.835 bits per heavy atom. The molecule has 0 amide bonds. The minimum absolute atomic E-state index is 0.0986. The standard InChI is InChI=1S/C73H122O6/c1-4-7-10-13-16-19-22-25-28-31-33-34-35-36-37-38-40-42-45-48-51-54-57-60-63-66-72(75)78-69-70(68-77-71(74)65-62-59-56-53-50-47-44-41-30-27-24-21-18-15-12-9-6-3)79-73(76)67-64-61-58-55-52-49-46-43-39-32-29-26-23-20-17-14-11-8-5-2/h7,9-10,12,16,18-19,21,25-30,33-34,44,47,53,56,70H,4-6,8,11,13-15,17,20,22-24,31-32,35-43,45-46,48-52,54-55,57-69H2,1-3H3/b10-7-,12-9-,19-16-,21-18-,28-25-,29-26-,30-27-,34-33-,47-44-,56-53-. The first-order valence-electron chi connectivity index (χ1n) is 33.0. The molecule has 0 fully saturated rings. The zero-order chi connectivity index (χ0) is 57.1. The molecule has 0 spiro atoms. The molecule has 0 rings (SSSR count). The number of carbonyl (C=O) groups excluding carboxylic acids is 3. The number of hydrogen-bond donors (Lipinski definition) is 0. The third-order valence-corrected chi connectivity index (χ3v) is 13.9. The molecule has 0 N–H and O–H groups in total. The second-order valence-corrected chi connectivity index (χ2v) is 21.6. The summed E-state index contributed by atoms with van der Waals surface area (Å²) >= 11 is 0. The van der Waals surface area contributed by atoms with Crippen molar-refractivity contribution in [2.45, 2.75) is 309 Å². The van der Waals surface area contributed by atoms with Crippen LogP contribution in [0.2, 0.25) is 0 Å². The summed E-state index contributed by atoms with van der Waals surface area (Å²) < 4.78 is 16.9. The molecule has 0 aliphatic carbocycles. The smallest absolute Gasteiger partial charge is 0.306 e. The lowest BCUT2D eigenvalue weighted by Gasteiger charge is -2.18. The molecule has 0 aliphatic heterocycles. The number of allylic oxidation sites excluding steroid dienone is 20. The molecular weight excluding hydrogens is 973 g/mol. The molecule has 0 aromatic carbocycles. The van der Waals surface area contributed by atoms with Crippen molar-refractivity contribution in [1.82, 2.24) is 0 Å². The zero-order valence-corrected chi connectivity index (χ0v) is 51.6. The Hall–Kier alpha value is -4.19. The first kappa shape index (κ1) is 74.8. The molecule has 79 heavy (non-hydrogen) atoms. The highest BCUT2D eigenvalue weighted by Gasteiger charge is 2.19. The number of esters is 3. The fourth-order valence-electron chi connectivity index (χ4n) is 9.05. The Kier molecular flexibility index (Phi) is 62.8. The highest BCUT2D eigenvalue weighted by Crippen LogP contribution is 2.16. The predicted molar refractivity (Wildman–Crippen MR) is 343 cm³/mol. The van der Waals surface area contributed by atoms with Crippen molar-refractivity contribution in [3.63, 3.8) is 0 Å². The third-order valence-electron chi connectivity index (χ3n) is 13.9. The van der Waals surface area contributed by atoms with Crippen molar-refractivity contribution in [2.24, 2.45) is 0 Å². The topological polar surface area (TPSA) is 78.9 Å². The summed E-state index contributed by atoms with van der Waals surface area (Å²) in [5.41, 5.74) is 0. The van der Waals surface area contributed by atoms with Gasteiger partial charge in [0.05, 0.1) is 0 Å². The minimum Gasteiger partial charge on any atom is -0.462 e. The molecular formula is C73H122O6. The maximum absolute atomic E-state index is 12.9. The lowest BCUT2D eigenvalue weighted by Crippen LogP contribution is -2.30. The average Bonchev–Trinajstić information content (AvgIpc) is 3.45. The fourth-order valence-corrected chi connectivity index (χ4v) is 9.05. The third kappa shape index (κ3) is 64.5. The van der Waals surface area contributed by atoms with Crippen LogP contribution in [0.25, 0.3) is 0 Å². The number of unbranched alkanes of at least 4 members (excludes halogenated alkanes) is 28. The van der Waals surface area contributed by atoms with Gasteiger partial charge in [-0.1, -0.05) is 284 Å². The molecule has 6 nitrogen and oxygen atoms in total. The van der Waals surface area contributed by atoms with E-state index in [0.29, 0.717) is 19.3 Å². The number of carbonyl (C=O) groups is 3. The first-order valence-corrected chi connectivity index (χ1v) is 33.0. The predicted octanol–water partition coefficient (Wildman–Crippen LogP) is 22.8. The molecule has 0 saturated heterocycles. The van der Waals surface area contributed by atoms with Gasteiger partial charge in [-0.3, -0.25) is 14.4 Å².